The molecule has 1 aliphatic heterocycles. The van der Waals surface area contributed by atoms with Crippen LogP contribution >= 0.6 is 11.6 Å². The smallest absolute Gasteiger partial charge is 0.416 e. The Balaban J connectivity index is 1.88. The molecule has 0 bridgehead atoms. The van der Waals surface area contributed by atoms with Crippen LogP contribution in [0.15, 0.2) is 47.6 Å². The van der Waals surface area contributed by atoms with E-state index in [1.807, 2.05) is 20.8 Å². The molecule has 1 heterocycles. The molecular weight excluding hydrogens is 469 g/mol. The number of hydrogen-bond donors (Lipinski definition) is 2. The van der Waals surface area contributed by atoms with E-state index in [0.717, 1.165) is 18.7 Å². The molecule has 10 heteroatoms. The first kappa shape index (κ1) is 25.8. The van der Waals surface area contributed by atoms with Gasteiger partial charge in [0.25, 0.3) is 5.91 Å². The van der Waals surface area contributed by atoms with Crippen LogP contribution in [-0.2, 0) is 6.18 Å². The zero-order valence-corrected chi connectivity index (χ0v) is 20.2. The summed E-state index contributed by atoms with van der Waals surface area (Å²) in [5, 5.41) is 11.5. The zero-order valence-electron chi connectivity index (χ0n) is 19.4. The molecule has 6 nitrogen and oxygen atoms in total. The van der Waals surface area contributed by atoms with Crippen molar-refractivity contribution in [1.29, 1.82) is 0 Å². The Labute approximate surface area is 202 Å². The normalized spacial score (nSPS) is 18.3. The highest BCUT2D eigenvalue weighted by atomic mass is 35.5. The number of alkyl halides is 4. The number of halogens is 4. The summed E-state index contributed by atoms with van der Waals surface area (Å²) in [7, 11) is 1.78. The Bertz CT molecular complexity index is 1050. The summed E-state index contributed by atoms with van der Waals surface area (Å²) >= 11 is 6.48. The Morgan fingerprint density at radius 1 is 1.21 bits per heavy atom. The quantitative estimate of drug-likeness (QED) is 0.486. The van der Waals surface area contributed by atoms with E-state index in [2.05, 4.69) is 15.7 Å². The van der Waals surface area contributed by atoms with E-state index in [0.29, 0.717) is 23.6 Å². The first-order chi connectivity index (χ1) is 15.9. The fourth-order valence-corrected chi connectivity index (χ4v) is 4.07. The molecule has 0 spiro atoms. The lowest BCUT2D eigenvalue weighted by molar-refractivity contribution is -0.137. The molecule has 2 N–H and O–H groups in total. The van der Waals surface area contributed by atoms with Gasteiger partial charge in [-0.05, 0) is 56.8 Å². The van der Waals surface area contributed by atoms with Crippen LogP contribution in [0.25, 0.3) is 0 Å². The minimum Gasteiger partial charge on any atom is -0.491 e. The van der Waals surface area contributed by atoms with E-state index in [4.69, 9.17) is 16.3 Å². The average Bonchev–Trinajstić information content (AvgIpc) is 3.10. The maximum atomic E-state index is 13.0. The lowest BCUT2D eigenvalue weighted by Crippen LogP contribution is -2.44. The Kier molecular flexibility index (Phi) is 7.77. The molecule has 3 rings (SSSR count). The van der Waals surface area contributed by atoms with E-state index >= 15 is 0 Å². The molecular formula is C24H28ClF3N4O2. The van der Waals surface area contributed by atoms with Crippen molar-refractivity contribution in [2.75, 3.05) is 25.5 Å². The van der Waals surface area contributed by atoms with E-state index in [1.165, 1.54) is 12.1 Å². The van der Waals surface area contributed by atoms with E-state index < -0.39 is 23.0 Å². The SMILES string of the molecule is CCNC(C)(C)COc1ccc(NC(=O)c2cccc(C(F)(F)F)c2)cc1C1C(Cl)C=NN1C. The standard InChI is InChI=1S/C24H28ClF3N4O2/c1-5-29-23(2,3)14-34-20-10-9-17(12-18(20)21-19(25)13-30-32(21)4)31-22(33)15-7-6-8-16(11-15)24(26,27)28/h6-13,19,21,29H,5,14H2,1-4H3,(H,31,33). The predicted molar refractivity (Wildman–Crippen MR) is 128 cm³/mol. The number of hydrogen-bond acceptors (Lipinski definition) is 5. The van der Waals surface area contributed by atoms with E-state index in [1.54, 1.807) is 36.5 Å². The molecule has 2 unspecified atom stereocenters. The second kappa shape index (κ2) is 10.2. The van der Waals surface area contributed by atoms with Gasteiger partial charge in [-0.1, -0.05) is 13.0 Å². The number of nitrogens with one attached hydrogen (secondary N) is 2. The van der Waals surface area contributed by atoms with Crippen molar-refractivity contribution in [3.8, 4) is 5.75 Å². The van der Waals surface area contributed by atoms with E-state index in [9.17, 15) is 18.0 Å². The molecule has 0 aromatic heterocycles. The molecule has 2 aromatic carbocycles. The number of nitrogens with zero attached hydrogens (tertiary/aromatic N) is 2. The topological polar surface area (TPSA) is 66.0 Å². The lowest BCUT2D eigenvalue weighted by atomic mass is 10.0. The highest BCUT2D eigenvalue weighted by Crippen LogP contribution is 2.38. The van der Waals surface area contributed by atoms with Gasteiger partial charge < -0.3 is 15.4 Å². The van der Waals surface area contributed by atoms with Gasteiger partial charge in [0.05, 0.1) is 17.0 Å². The molecule has 184 valence electrons. The van der Waals surface area contributed by atoms with Crippen LogP contribution in [-0.4, -0.2) is 48.2 Å². The molecule has 1 aliphatic rings. The average molecular weight is 497 g/mol. The third-order valence-corrected chi connectivity index (χ3v) is 5.73. The molecule has 2 atom stereocenters. The third-order valence-electron chi connectivity index (χ3n) is 5.38. The third kappa shape index (κ3) is 6.21. The van der Waals surface area contributed by atoms with Crippen LogP contribution in [0.2, 0.25) is 0 Å². The fourth-order valence-electron chi connectivity index (χ4n) is 3.72. The van der Waals surface area contributed by atoms with Crippen molar-refractivity contribution in [1.82, 2.24) is 10.3 Å². The molecule has 2 aromatic rings. The minimum atomic E-state index is -4.54. The van der Waals surface area contributed by atoms with Crippen molar-refractivity contribution < 1.29 is 22.7 Å². The first-order valence-electron chi connectivity index (χ1n) is 10.8. The van der Waals surface area contributed by atoms with Crippen LogP contribution in [0.4, 0.5) is 18.9 Å². The number of benzene rings is 2. The fraction of sp³-hybridized carbons (Fsp3) is 0.417. The number of carbonyl (C=O) groups excluding carboxylic acids is 1. The highest BCUT2D eigenvalue weighted by Gasteiger charge is 2.33. The maximum absolute atomic E-state index is 13.0. The molecule has 0 fully saturated rings. The van der Waals surface area contributed by atoms with Crippen LogP contribution in [0.3, 0.4) is 0 Å². The first-order valence-corrected chi connectivity index (χ1v) is 11.3. The largest absolute Gasteiger partial charge is 0.491 e. The number of rotatable bonds is 8. The summed E-state index contributed by atoms with van der Waals surface area (Å²) in [6.45, 7) is 7.22. The Morgan fingerprint density at radius 3 is 2.56 bits per heavy atom. The van der Waals surface area contributed by atoms with Crippen molar-refractivity contribution >= 4 is 29.4 Å². The summed E-state index contributed by atoms with van der Waals surface area (Å²) in [5.74, 6) is -0.0755. The van der Waals surface area contributed by atoms with Gasteiger partial charge in [0.1, 0.15) is 12.4 Å². The van der Waals surface area contributed by atoms with Gasteiger partial charge in [-0.15, -0.1) is 11.6 Å². The summed E-state index contributed by atoms with van der Waals surface area (Å²) < 4.78 is 45.2. The molecule has 0 aliphatic carbocycles. The van der Waals surface area contributed by atoms with Crippen LogP contribution < -0.4 is 15.4 Å². The Hall–Kier alpha value is -2.78. The minimum absolute atomic E-state index is 0.0966. The van der Waals surface area contributed by atoms with Crippen molar-refractivity contribution in [2.45, 2.75) is 43.9 Å². The van der Waals surface area contributed by atoms with Gasteiger partial charge in [0.2, 0.25) is 0 Å². The van der Waals surface area contributed by atoms with Crippen LogP contribution in [0.1, 0.15) is 48.3 Å². The molecule has 1 amide bonds. The molecule has 0 saturated carbocycles. The maximum Gasteiger partial charge on any atom is 0.416 e. The van der Waals surface area contributed by atoms with Gasteiger partial charge in [0, 0.05) is 35.6 Å². The van der Waals surface area contributed by atoms with Gasteiger partial charge >= 0.3 is 6.18 Å². The van der Waals surface area contributed by atoms with Crippen LogP contribution in [0, 0.1) is 0 Å². The number of ether oxygens (including phenoxy) is 1. The predicted octanol–water partition coefficient (Wildman–Crippen LogP) is 5.30. The van der Waals surface area contributed by atoms with Gasteiger partial charge in [0.15, 0.2) is 0 Å². The monoisotopic (exact) mass is 496 g/mol. The molecule has 0 radical (unpaired) electrons. The van der Waals surface area contributed by atoms with Gasteiger partial charge in [-0.2, -0.15) is 18.3 Å². The van der Waals surface area contributed by atoms with Crippen LogP contribution in [0.5, 0.6) is 5.75 Å². The summed E-state index contributed by atoms with van der Waals surface area (Å²) in [6.07, 6.45) is -2.92. The van der Waals surface area contributed by atoms with Crippen molar-refractivity contribution in [3.05, 3.63) is 59.2 Å². The zero-order chi connectivity index (χ0) is 25.1. The second-order valence-electron chi connectivity index (χ2n) is 8.72. The second-order valence-corrected chi connectivity index (χ2v) is 9.22. The van der Waals surface area contributed by atoms with Gasteiger partial charge in [-0.25, -0.2) is 0 Å². The number of hydrazone groups is 1. The lowest BCUT2D eigenvalue weighted by Gasteiger charge is -2.29. The number of carbonyl (C=O) groups is 1. The van der Waals surface area contributed by atoms with Gasteiger partial charge in [-0.3, -0.25) is 9.80 Å². The number of anilines is 1. The summed E-state index contributed by atoms with van der Waals surface area (Å²) in [4.78, 5) is 12.7. The highest BCUT2D eigenvalue weighted by molar-refractivity contribution is 6.29. The van der Waals surface area contributed by atoms with E-state index in [-0.39, 0.29) is 17.1 Å². The summed E-state index contributed by atoms with van der Waals surface area (Å²) in [5.41, 5.74) is -0.154. The Morgan fingerprint density at radius 2 is 1.94 bits per heavy atom. The molecule has 34 heavy (non-hydrogen) atoms. The van der Waals surface area contributed by atoms with Crippen molar-refractivity contribution in [3.63, 3.8) is 0 Å². The number of likely N-dealkylation sites (N-methyl/N-ethyl adjacent to an activating group) is 1. The van der Waals surface area contributed by atoms with Crippen molar-refractivity contribution in [2.24, 2.45) is 5.10 Å². The summed E-state index contributed by atoms with van der Waals surface area (Å²) in [6, 6.07) is 9.01. The molecule has 0 saturated heterocycles. The number of amides is 1.